The number of quaternary nitrogens is 1. The highest BCUT2D eigenvalue weighted by Crippen LogP contribution is 2.04. The molecule has 0 spiro atoms. The van der Waals surface area contributed by atoms with Gasteiger partial charge in [-0.15, -0.1) is 0 Å². The van der Waals surface area contributed by atoms with E-state index in [2.05, 4.69) is 0 Å². The van der Waals surface area contributed by atoms with Crippen molar-refractivity contribution in [3.05, 3.63) is 35.9 Å². The van der Waals surface area contributed by atoms with Crippen LogP contribution in [0.5, 0.6) is 0 Å². The highest BCUT2D eigenvalue weighted by atomic mass is 35.5. The van der Waals surface area contributed by atoms with Crippen molar-refractivity contribution in [3.63, 3.8) is 0 Å². The summed E-state index contributed by atoms with van der Waals surface area (Å²) in [6.07, 6.45) is 1.25. The van der Waals surface area contributed by atoms with Crippen LogP contribution in [-0.4, -0.2) is 23.9 Å². The lowest BCUT2D eigenvalue weighted by atomic mass is 9.98. The van der Waals surface area contributed by atoms with Crippen LogP contribution in [0, 0.1) is 5.92 Å². The maximum Gasteiger partial charge on any atom is 0.328 e. The predicted octanol–water partition coefficient (Wildman–Crippen LogP) is -3.45. The maximum atomic E-state index is 12.1. The second kappa shape index (κ2) is 9.50. The third-order valence-corrected chi connectivity index (χ3v) is 3.61. The van der Waals surface area contributed by atoms with E-state index in [1.165, 1.54) is 5.32 Å². The van der Waals surface area contributed by atoms with Crippen LogP contribution in [0.4, 0.5) is 0 Å². The van der Waals surface area contributed by atoms with Gasteiger partial charge >= 0.3 is 5.91 Å². The number of carbonyl (C=O) groups excluding carboxylic acids is 2. The summed E-state index contributed by atoms with van der Waals surface area (Å²) >= 11 is 0. The molecular weight excluding hydrogens is 290 g/mol. The quantitative estimate of drug-likeness (QED) is 0.488. The molecule has 6 heteroatoms. The van der Waals surface area contributed by atoms with Crippen molar-refractivity contribution in [2.45, 2.75) is 38.8 Å². The molecule has 0 aliphatic carbocycles. The van der Waals surface area contributed by atoms with E-state index in [4.69, 9.17) is 11.5 Å². The van der Waals surface area contributed by atoms with Crippen LogP contribution in [0.2, 0.25) is 0 Å². The normalized spacial score (nSPS) is 14.6. The number of halogens is 1. The van der Waals surface area contributed by atoms with Crippen molar-refractivity contribution in [1.29, 1.82) is 0 Å². The molecular formula is C15H24ClN3O2. The number of hydrogen-bond donors (Lipinski definition) is 3. The number of carbonyl (C=O) groups is 2. The second-order valence-corrected chi connectivity index (χ2v) is 5.18. The van der Waals surface area contributed by atoms with Crippen molar-refractivity contribution in [2.75, 3.05) is 0 Å². The lowest BCUT2D eigenvalue weighted by molar-refractivity contribution is -0.593. The molecule has 21 heavy (non-hydrogen) atoms. The summed E-state index contributed by atoms with van der Waals surface area (Å²) in [4.78, 5) is 23.6. The molecule has 1 aromatic carbocycles. The summed E-state index contributed by atoms with van der Waals surface area (Å²) in [7, 11) is 0. The Hall–Kier alpha value is -1.43. The fourth-order valence-corrected chi connectivity index (χ4v) is 1.95. The van der Waals surface area contributed by atoms with Gasteiger partial charge in [-0.05, 0) is 11.5 Å². The first-order chi connectivity index (χ1) is 9.45. The first-order valence-electron chi connectivity index (χ1n) is 6.93. The summed E-state index contributed by atoms with van der Waals surface area (Å²) < 4.78 is 0. The summed E-state index contributed by atoms with van der Waals surface area (Å²) in [5.41, 5.74) is 12.2. The smallest absolute Gasteiger partial charge is 0.328 e. The Labute approximate surface area is 131 Å². The maximum absolute atomic E-state index is 12.1. The Balaban J connectivity index is 0.00000400. The average Bonchev–Trinajstić information content (AvgIpc) is 2.45. The van der Waals surface area contributed by atoms with Crippen LogP contribution < -0.4 is 29.2 Å². The number of hydrogen-bond acceptors (Lipinski definition) is 3. The van der Waals surface area contributed by atoms with E-state index in [0.717, 1.165) is 12.0 Å². The minimum absolute atomic E-state index is 0. The second-order valence-electron chi connectivity index (χ2n) is 5.18. The van der Waals surface area contributed by atoms with Gasteiger partial charge in [0, 0.05) is 6.42 Å². The number of primary amides is 2. The lowest BCUT2D eigenvalue weighted by Gasteiger charge is -2.17. The topological polar surface area (TPSA) is 103 Å². The molecule has 0 saturated heterocycles. The van der Waals surface area contributed by atoms with Gasteiger partial charge in [0.2, 0.25) is 0 Å². The zero-order valence-corrected chi connectivity index (χ0v) is 13.2. The van der Waals surface area contributed by atoms with E-state index in [1.54, 1.807) is 0 Å². The molecule has 0 aliphatic heterocycles. The molecule has 0 heterocycles. The molecule has 0 radical (unpaired) electrons. The summed E-state index contributed by atoms with van der Waals surface area (Å²) in [5.74, 6) is -0.623. The van der Waals surface area contributed by atoms with E-state index in [-0.39, 0.29) is 24.2 Å². The molecule has 0 bridgehead atoms. The van der Waals surface area contributed by atoms with E-state index in [1.807, 2.05) is 44.2 Å². The average molecular weight is 314 g/mol. The molecule has 0 aromatic heterocycles. The zero-order valence-electron chi connectivity index (χ0n) is 12.5. The summed E-state index contributed by atoms with van der Waals surface area (Å²) in [5, 5.41) is 1.38. The fraction of sp³-hybridized carbons (Fsp3) is 0.467. The van der Waals surface area contributed by atoms with Crippen LogP contribution in [-0.2, 0) is 16.0 Å². The third-order valence-electron chi connectivity index (χ3n) is 3.61. The number of nitrogens with two attached hydrogens (primary N) is 3. The van der Waals surface area contributed by atoms with Crippen LogP contribution in [0.1, 0.15) is 25.8 Å². The first-order valence-corrected chi connectivity index (χ1v) is 6.93. The Bertz CT molecular complexity index is 453. The van der Waals surface area contributed by atoms with Gasteiger partial charge in [-0.3, -0.25) is 10.1 Å². The van der Waals surface area contributed by atoms with Gasteiger partial charge < -0.3 is 23.9 Å². The number of amides is 2. The Morgan fingerprint density at radius 3 is 2.29 bits per heavy atom. The molecule has 0 fully saturated rings. The summed E-state index contributed by atoms with van der Waals surface area (Å²) in [6.45, 7) is 3.90. The first kappa shape index (κ1) is 19.6. The van der Waals surface area contributed by atoms with Crippen LogP contribution >= 0.6 is 0 Å². The Morgan fingerprint density at radius 1 is 1.24 bits per heavy atom. The van der Waals surface area contributed by atoms with E-state index < -0.39 is 18.0 Å². The highest BCUT2D eigenvalue weighted by molar-refractivity contribution is 5.81. The van der Waals surface area contributed by atoms with Gasteiger partial charge in [0.05, 0.1) is 0 Å². The van der Waals surface area contributed by atoms with Gasteiger partial charge in [0.25, 0.3) is 5.91 Å². The molecule has 2 amide bonds. The zero-order chi connectivity index (χ0) is 15.1. The molecule has 1 aromatic rings. The molecule has 1 rings (SSSR count). The Morgan fingerprint density at radius 2 is 1.81 bits per heavy atom. The van der Waals surface area contributed by atoms with Crippen molar-refractivity contribution in [3.8, 4) is 0 Å². The molecule has 118 valence electrons. The predicted molar refractivity (Wildman–Crippen MR) is 77.5 cm³/mol. The van der Waals surface area contributed by atoms with Crippen molar-refractivity contribution in [1.82, 2.24) is 0 Å². The largest absolute Gasteiger partial charge is 1.00 e. The van der Waals surface area contributed by atoms with E-state index in [0.29, 0.717) is 6.42 Å². The fourth-order valence-electron chi connectivity index (χ4n) is 1.95. The summed E-state index contributed by atoms with van der Waals surface area (Å²) in [6, 6.07) is 8.31. The van der Waals surface area contributed by atoms with Gasteiger partial charge in [0.1, 0.15) is 6.04 Å². The highest BCUT2D eigenvalue weighted by Gasteiger charge is 2.29. The third kappa shape index (κ3) is 6.25. The molecule has 6 N–H and O–H groups in total. The molecule has 3 unspecified atom stereocenters. The molecule has 5 nitrogen and oxygen atoms in total. The van der Waals surface area contributed by atoms with Crippen molar-refractivity contribution < 1.29 is 27.3 Å². The minimum Gasteiger partial charge on any atom is -1.00 e. The van der Waals surface area contributed by atoms with E-state index >= 15 is 0 Å². The number of benzene rings is 1. The van der Waals surface area contributed by atoms with Crippen LogP contribution in [0.3, 0.4) is 0 Å². The lowest BCUT2D eigenvalue weighted by Crippen LogP contribution is -3.00. The monoisotopic (exact) mass is 313 g/mol. The minimum atomic E-state index is -0.611. The van der Waals surface area contributed by atoms with E-state index in [9.17, 15) is 9.59 Å². The van der Waals surface area contributed by atoms with Gasteiger partial charge in [0.15, 0.2) is 6.04 Å². The molecule has 3 atom stereocenters. The van der Waals surface area contributed by atoms with Gasteiger partial charge in [-0.2, -0.15) is 0 Å². The van der Waals surface area contributed by atoms with Crippen LogP contribution in [0.25, 0.3) is 0 Å². The van der Waals surface area contributed by atoms with Crippen molar-refractivity contribution in [2.24, 2.45) is 17.4 Å². The molecule has 0 aliphatic rings. The van der Waals surface area contributed by atoms with Crippen molar-refractivity contribution >= 4 is 11.8 Å². The van der Waals surface area contributed by atoms with Crippen LogP contribution in [0.15, 0.2) is 30.3 Å². The Kier molecular flexibility index (Phi) is 8.85. The van der Waals surface area contributed by atoms with Gasteiger partial charge in [-0.1, -0.05) is 50.6 Å². The standard InChI is InChI=1S/C15H23N3O2.ClH/c1-3-10(2)13(16)15(20)18-12(14(17)19)9-11-7-5-4-6-8-11;/h4-8,10,12-13H,3,9,16H2,1-2H3,(H2,17,19)(H,18,20);1H. The molecule has 0 saturated carbocycles. The van der Waals surface area contributed by atoms with Gasteiger partial charge in [-0.25, -0.2) is 4.79 Å². The SMILES string of the molecule is CCC(C)C(N)C(=O)[NH2+]C(Cc1ccccc1)C(N)=O.[Cl-]. The number of rotatable bonds is 7.